The quantitative estimate of drug-likeness (QED) is 0.283. The Hall–Kier alpha value is -3.43. The van der Waals surface area contributed by atoms with Crippen molar-refractivity contribution < 1.29 is 18.7 Å². The Morgan fingerprint density at radius 3 is 2.53 bits per heavy atom. The van der Waals surface area contributed by atoms with Gasteiger partial charge in [0.2, 0.25) is 5.89 Å². The second-order valence-corrected chi connectivity index (χ2v) is 8.91. The lowest BCUT2D eigenvalue weighted by atomic mass is 10.2. The molecule has 1 amide bonds. The van der Waals surface area contributed by atoms with Gasteiger partial charge in [-0.15, -0.1) is 0 Å². The molecule has 7 nitrogen and oxygen atoms in total. The second kappa shape index (κ2) is 10.2. The summed E-state index contributed by atoms with van der Waals surface area (Å²) < 4.78 is 17.6. The highest BCUT2D eigenvalue weighted by molar-refractivity contribution is 9.10. The molecular formula is C25H22BrN3O4S. The molecule has 0 aliphatic heterocycles. The molecular weight excluding hydrogens is 518 g/mol. The van der Waals surface area contributed by atoms with Gasteiger partial charge in [-0.25, -0.2) is 4.98 Å². The Kier molecular flexibility index (Phi) is 7.14. The van der Waals surface area contributed by atoms with Crippen LogP contribution in [0.25, 0.3) is 22.6 Å². The number of methoxy groups -OCH3 is 1. The molecule has 174 valence electrons. The topological polar surface area (TPSA) is 85.6 Å². The van der Waals surface area contributed by atoms with Crippen LogP contribution in [0, 0.1) is 0 Å². The lowest BCUT2D eigenvalue weighted by Crippen LogP contribution is -2.34. The summed E-state index contributed by atoms with van der Waals surface area (Å²) in [4.78, 5) is 17.1. The molecule has 0 saturated carbocycles. The number of aromatic nitrogens is 1. The van der Waals surface area contributed by atoms with Crippen molar-refractivity contribution in [3.8, 4) is 23.0 Å². The second-order valence-electron chi connectivity index (χ2n) is 7.65. The number of hydrogen-bond acceptors (Lipinski definition) is 6. The molecule has 9 heteroatoms. The van der Waals surface area contributed by atoms with E-state index in [2.05, 4.69) is 31.5 Å². The van der Waals surface area contributed by atoms with Crippen LogP contribution in [0.3, 0.4) is 0 Å². The summed E-state index contributed by atoms with van der Waals surface area (Å²) >= 11 is 8.79. The van der Waals surface area contributed by atoms with Crippen molar-refractivity contribution in [2.24, 2.45) is 0 Å². The number of carbonyl (C=O) groups excluding carboxylic acids is 1. The van der Waals surface area contributed by atoms with Crippen molar-refractivity contribution in [3.63, 3.8) is 0 Å². The van der Waals surface area contributed by atoms with E-state index in [1.807, 2.05) is 32.0 Å². The van der Waals surface area contributed by atoms with E-state index in [1.165, 1.54) is 0 Å². The van der Waals surface area contributed by atoms with Gasteiger partial charge in [-0.1, -0.05) is 0 Å². The monoisotopic (exact) mass is 539 g/mol. The molecule has 0 saturated heterocycles. The van der Waals surface area contributed by atoms with E-state index in [1.54, 1.807) is 49.6 Å². The van der Waals surface area contributed by atoms with E-state index in [0.29, 0.717) is 34.0 Å². The normalized spacial score (nSPS) is 10.9. The summed E-state index contributed by atoms with van der Waals surface area (Å²) in [6, 6.07) is 17.9. The summed E-state index contributed by atoms with van der Waals surface area (Å²) in [5, 5.41) is 5.87. The molecule has 4 aromatic rings. The van der Waals surface area contributed by atoms with Crippen molar-refractivity contribution in [2.45, 2.75) is 20.0 Å². The number of carbonyl (C=O) groups is 1. The zero-order valence-corrected chi connectivity index (χ0v) is 21.1. The third-order valence-electron chi connectivity index (χ3n) is 4.76. The predicted molar refractivity (Wildman–Crippen MR) is 140 cm³/mol. The zero-order valence-electron chi connectivity index (χ0n) is 18.7. The number of rotatable bonds is 6. The minimum Gasteiger partial charge on any atom is -0.496 e. The average molecular weight is 540 g/mol. The van der Waals surface area contributed by atoms with Crippen LogP contribution in [0.4, 0.5) is 5.69 Å². The number of fused-ring (bicyclic) bond motifs is 1. The van der Waals surface area contributed by atoms with Gasteiger partial charge in [0.05, 0.1) is 17.7 Å². The maximum Gasteiger partial charge on any atom is 0.257 e. The van der Waals surface area contributed by atoms with Crippen molar-refractivity contribution in [3.05, 3.63) is 70.7 Å². The highest BCUT2D eigenvalue weighted by Gasteiger charge is 2.13. The molecule has 0 radical (unpaired) electrons. The SMILES string of the molecule is COc1ccc(-c2nc3cc(NC(=S)NC(=O)c4ccc(OC(C)C)cc4)ccc3o2)cc1Br. The van der Waals surface area contributed by atoms with E-state index in [0.717, 1.165) is 15.8 Å². The molecule has 0 spiro atoms. The molecule has 0 fully saturated rings. The Labute approximate surface area is 210 Å². The lowest BCUT2D eigenvalue weighted by molar-refractivity contribution is 0.0977. The van der Waals surface area contributed by atoms with Crippen LogP contribution in [0.2, 0.25) is 0 Å². The summed E-state index contributed by atoms with van der Waals surface area (Å²) in [7, 11) is 1.61. The zero-order chi connectivity index (χ0) is 24.2. The third-order valence-corrected chi connectivity index (χ3v) is 5.58. The van der Waals surface area contributed by atoms with Crippen molar-refractivity contribution in [1.29, 1.82) is 0 Å². The predicted octanol–water partition coefficient (Wildman–Crippen LogP) is 6.18. The number of nitrogens with zero attached hydrogens (tertiary/aromatic N) is 1. The first-order chi connectivity index (χ1) is 16.3. The first-order valence-electron chi connectivity index (χ1n) is 10.5. The Morgan fingerprint density at radius 2 is 1.85 bits per heavy atom. The Balaban J connectivity index is 1.43. The molecule has 1 heterocycles. The number of anilines is 1. The number of nitrogens with one attached hydrogen (secondary N) is 2. The summed E-state index contributed by atoms with van der Waals surface area (Å²) in [5.74, 6) is 1.59. The summed E-state index contributed by atoms with van der Waals surface area (Å²) in [6.45, 7) is 3.89. The summed E-state index contributed by atoms with van der Waals surface area (Å²) in [5.41, 5.74) is 3.25. The van der Waals surface area contributed by atoms with E-state index in [-0.39, 0.29) is 17.1 Å². The number of amides is 1. The van der Waals surface area contributed by atoms with Crippen LogP contribution in [0.5, 0.6) is 11.5 Å². The van der Waals surface area contributed by atoms with Crippen LogP contribution in [0.15, 0.2) is 69.6 Å². The number of ether oxygens (including phenoxy) is 2. The Morgan fingerprint density at radius 1 is 1.09 bits per heavy atom. The van der Waals surface area contributed by atoms with Gasteiger partial charge in [0.15, 0.2) is 10.7 Å². The molecule has 2 N–H and O–H groups in total. The highest BCUT2D eigenvalue weighted by Crippen LogP contribution is 2.32. The highest BCUT2D eigenvalue weighted by atomic mass is 79.9. The van der Waals surface area contributed by atoms with Crippen LogP contribution in [-0.2, 0) is 0 Å². The van der Waals surface area contributed by atoms with Crippen LogP contribution < -0.4 is 20.1 Å². The molecule has 34 heavy (non-hydrogen) atoms. The van der Waals surface area contributed by atoms with Crippen LogP contribution >= 0.6 is 28.1 Å². The van der Waals surface area contributed by atoms with Gasteiger partial charge in [0.25, 0.3) is 5.91 Å². The van der Waals surface area contributed by atoms with E-state index in [4.69, 9.17) is 26.1 Å². The maximum atomic E-state index is 12.5. The lowest BCUT2D eigenvalue weighted by Gasteiger charge is -2.11. The largest absolute Gasteiger partial charge is 0.496 e. The summed E-state index contributed by atoms with van der Waals surface area (Å²) in [6.07, 6.45) is 0.0627. The van der Waals surface area contributed by atoms with Gasteiger partial charge in [-0.3, -0.25) is 10.1 Å². The first-order valence-corrected chi connectivity index (χ1v) is 11.7. The van der Waals surface area contributed by atoms with E-state index in [9.17, 15) is 4.79 Å². The molecule has 3 aromatic carbocycles. The van der Waals surface area contributed by atoms with Gasteiger partial charge in [-0.05, 0) is 103 Å². The molecule has 4 rings (SSSR count). The van der Waals surface area contributed by atoms with Crippen molar-refractivity contribution in [1.82, 2.24) is 10.3 Å². The fourth-order valence-electron chi connectivity index (χ4n) is 3.22. The van der Waals surface area contributed by atoms with Gasteiger partial charge >= 0.3 is 0 Å². The maximum absolute atomic E-state index is 12.5. The molecule has 0 unspecified atom stereocenters. The fraction of sp³-hybridized carbons (Fsp3) is 0.160. The molecule has 0 aliphatic carbocycles. The van der Waals surface area contributed by atoms with E-state index < -0.39 is 0 Å². The minimum absolute atomic E-state index is 0.0627. The van der Waals surface area contributed by atoms with Gasteiger partial charge < -0.3 is 19.2 Å². The van der Waals surface area contributed by atoms with Crippen LogP contribution in [0.1, 0.15) is 24.2 Å². The Bertz CT molecular complexity index is 1350. The molecule has 0 aliphatic rings. The van der Waals surface area contributed by atoms with Gasteiger partial charge in [-0.2, -0.15) is 0 Å². The number of halogens is 1. The minimum atomic E-state index is -0.316. The number of oxazole rings is 1. The smallest absolute Gasteiger partial charge is 0.257 e. The van der Waals surface area contributed by atoms with E-state index >= 15 is 0 Å². The molecule has 0 bridgehead atoms. The van der Waals surface area contributed by atoms with Crippen LogP contribution in [-0.4, -0.2) is 29.2 Å². The fourth-order valence-corrected chi connectivity index (χ4v) is 3.97. The van der Waals surface area contributed by atoms with Crippen molar-refractivity contribution in [2.75, 3.05) is 12.4 Å². The molecule has 1 aromatic heterocycles. The average Bonchev–Trinajstić information content (AvgIpc) is 3.22. The van der Waals surface area contributed by atoms with Crippen molar-refractivity contribution >= 4 is 56.0 Å². The molecule has 0 atom stereocenters. The number of benzene rings is 3. The first kappa shape index (κ1) is 23.7. The van der Waals surface area contributed by atoms with Gasteiger partial charge in [0.1, 0.15) is 17.0 Å². The third kappa shape index (κ3) is 5.55. The van der Waals surface area contributed by atoms with Gasteiger partial charge in [0, 0.05) is 16.8 Å². The standard InChI is InChI=1S/C25H22BrN3O4S/c1-14(2)32-18-8-4-15(5-9-18)23(30)29-25(34)27-17-7-11-22-20(13-17)28-24(33-22)16-6-10-21(31-3)19(26)12-16/h4-14H,1-3H3,(H2,27,29,30,34). The number of hydrogen-bond donors (Lipinski definition) is 2. The number of thiocarbonyl (C=S) groups is 1.